The molecule has 140 valence electrons. The van der Waals surface area contributed by atoms with Crippen molar-refractivity contribution in [1.29, 1.82) is 0 Å². The first kappa shape index (κ1) is 17.5. The van der Waals surface area contributed by atoms with Gasteiger partial charge < -0.3 is 14.8 Å². The maximum Gasteiger partial charge on any atom is 0.271 e. The van der Waals surface area contributed by atoms with Crippen LogP contribution in [0.4, 0.5) is 5.69 Å². The van der Waals surface area contributed by atoms with Crippen LogP contribution in [0.2, 0.25) is 0 Å². The highest BCUT2D eigenvalue weighted by atomic mass is 16.2. The van der Waals surface area contributed by atoms with Crippen molar-refractivity contribution in [1.82, 2.24) is 14.9 Å². The van der Waals surface area contributed by atoms with Gasteiger partial charge in [-0.05, 0) is 49.1 Å². The predicted molar refractivity (Wildman–Crippen MR) is 106 cm³/mol. The molecule has 1 aliphatic carbocycles. The zero-order valence-electron chi connectivity index (χ0n) is 15.5. The number of carbonyl (C=O) groups excluding carboxylic acids is 1. The molecule has 3 heterocycles. The number of H-pyrrole nitrogens is 1. The van der Waals surface area contributed by atoms with E-state index < -0.39 is 0 Å². The van der Waals surface area contributed by atoms with E-state index in [1.807, 2.05) is 18.3 Å². The van der Waals surface area contributed by atoms with Crippen molar-refractivity contribution in [2.24, 2.45) is 0 Å². The summed E-state index contributed by atoms with van der Waals surface area (Å²) in [6, 6.07) is 6.57. The van der Waals surface area contributed by atoms with E-state index in [1.54, 1.807) is 11.1 Å². The second kappa shape index (κ2) is 7.02. The topological polar surface area (TPSA) is 69.3 Å². The number of hydrogen-bond donors (Lipinski definition) is 1. The number of hydrogen-bond acceptors (Lipinski definition) is 4. The average molecular weight is 364 g/mol. The molecule has 0 unspecified atom stereocenters. The Kier molecular flexibility index (Phi) is 4.56. The van der Waals surface area contributed by atoms with Gasteiger partial charge in [0.1, 0.15) is 5.69 Å². The molecule has 0 spiro atoms. The Labute approximate surface area is 158 Å². The minimum absolute atomic E-state index is 0.0477. The minimum atomic E-state index is -0.0797. The quantitative estimate of drug-likeness (QED) is 0.799. The Bertz CT molecular complexity index is 926. The molecule has 1 N–H and O–H groups in total. The summed E-state index contributed by atoms with van der Waals surface area (Å²) in [5, 5.41) is 0. The molecule has 1 amide bonds. The van der Waals surface area contributed by atoms with Crippen LogP contribution in [0, 0.1) is 0 Å². The molecule has 2 aromatic rings. The number of likely N-dealkylation sites (tertiary alicyclic amines) is 1. The van der Waals surface area contributed by atoms with Crippen molar-refractivity contribution < 1.29 is 4.79 Å². The van der Waals surface area contributed by atoms with Crippen LogP contribution in [-0.2, 0) is 11.2 Å². The second-order valence-corrected chi connectivity index (χ2v) is 7.23. The molecule has 2 aliphatic rings. The lowest BCUT2D eigenvalue weighted by atomic mass is 10.0. The van der Waals surface area contributed by atoms with Gasteiger partial charge in [0.15, 0.2) is 0 Å². The Morgan fingerprint density at radius 2 is 2.11 bits per heavy atom. The van der Waals surface area contributed by atoms with Gasteiger partial charge in [-0.3, -0.25) is 14.6 Å². The van der Waals surface area contributed by atoms with Crippen molar-refractivity contribution in [3.8, 4) is 11.1 Å². The summed E-state index contributed by atoms with van der Waals surface area (Å²) >= 11 is 0. The first-order valence-corrected chi connectivity index (χ1v) is 9.48. The fourth-order valence-electron chi connectivity index (χ4n) is 3.67. The van der Waals surface area contributed by atoms with Gasteiger partial charge in [0.25, 0.3) is 5.56 Å². The van der Waals surface area contributed by atoms with Crippen molar-refractivity contribution in [3.63, 3.8) is 0 Å². The standard InChI is InChI=1S/C21H24N4O2/c1-3-16-9-14(7-8-22-16)15-10-19(21(27)23-11-15)25(17-5-6-17)18-12-24(13-18)20(26)4-2/h4,7-11,17-18H,2-3,5-6,12-13H2,1H3,(H,23,27). The highest BCUT2D eigenvalue weighted by molar-refractivity contribution is 5.88. The highest BCUT2D eigenvalue weighted by Crippen LogP contribution is 2.35. The molecule has 0 radical (unpaired) electrons. The number of nitrogens with zero attached hydrogens (tertiary/aromatic N) is 3. The van der Waals surface area contributed by atoms with Crippen molar-refractivity contribution in [2.45, 2.75) is 38.3 Å². The second-order valence-electron chi connectivity index (χ2n) is 7.23. The van der Waals surface area contributed by atoms with Crippen LogP contribution in [0.3, 0.4) is 0 Å². The van der Waals surface area contributed by atoms with E-state index >= 15 is 0 Å². The number of pyridine rings is 2. The van der Waals surface area contributed by atoms with Gasteiger partial charge in [-0.1, -0.05) is 13.5 Å². The average Bonchev–Trinajstić information content (AvgIpc) is 3.49. The predicted octanol–water partition coefficient (Wildman–Crippen LogP) is 2.36. The third-order valence-corrected chi connectivity index (χ3v) is 5.36. The van der Waals surface area contributed by atoms with Gasteiger partial charge in [0.2, 0.25) is 5.91 Å². The summed E-state index contributed by atoms with van der Waals surface area (Å²) in [5.41, 5.74) is 3.67. The fourth-order valence-corrected chi connectivity index (χ4v) is 3.67. The van der Waals surface area contributed by atoms with Crippen molar-refractivity contribution in [2.75, 3.05) is 18.0 Å². The smallest absolute Gasteiger partial charge is 0.271 e. The molecule has 4 rings (SSSR count). The summed E-state index contributed by atoms with van der Waals surface area (Å²) in [6.45, 7) is 6.90. The van der Waals surface area contributed by atoms with E-state index in [-0.39, 0.29) is 17.5 Å². The zero-order chi connectivity index (χ0) is 19.0. The minimum Gasteiger partial charge on any atom is -0.358 e. The van der Waals surface area contributed by atoms with Crippen LogP contribution in [0.1, 0.15) is 25.5 Å². The number of anilines is 1. The first-order valence-electron chi connectivity index (χ1n) is 9.48. The Morgan fingerprint density at radius 3 is 2.78 bits per heavy atom. The van der Waals surface area contributed by atoms with Crippen molar-refractivity contribution >= 4 is 11.6 Å². The van der Waals surface area contributed by atoms with Crippen LogP contribution in [0.15, 0.2) is 48.0 Å². The van der Waals surface area contributed by atoms with E-state index in [9.17, 15) is 9.59 Å². The summed E-state index contributed by atoms with van der Waals surface area (Å²) in [5.74, 6) is -0.0477. The third kappa shape index (κ3) is 3.39. The molecule has 2 fully saturated rings. The van der Waals surface area contributed by atoms with Crippen LogP contribution in [0.5, 0.6) is 0 Å². The normalized spacial score (nSPS) is 16.7. The molecular weight excluding hydrogens is 340 g/mol. The zero-order valence-corrected chi connectivity index (χ0v) is 15.5. The van der Waals surface area contributed by atoms with E-state index in [0.29, 0.717) is 24.8 Å². The molecule has 6 heteroatoms. The van der Waals surface area contributed by atoms with Gasteiger partial charge in [-0.2, -0.15) is 0 Å². The number of aromatic amines is 1. The molecule has 1 saturated heterocycles. The maximum absolute atomic E-state index is 12.6. The molecule has 2 aromatic heterocycles. The van der Waals surface area contributed by atoms with Gasteiger partial charge in [-0.15, -0.1) is 0 Å². The summed E-state index contributed by atoms with van der Waals surface area (Å²) < 4.78 is 0. The van der Waals surface area contributed by atoms with Crippen LogP contribution in [-0.4, -0.2) is 45.9 Å². The molecule has 27 heavy (non-hydrogen) atoms. The lowest BCUT2D eigenvalue weighted by Gasteiger charge is -2.46. The first-order chi connectivity index (χ1) is 13.1. The van der Waals surface area contributed by atoms with Crippen LogP contribution in [0.25, 0.3) is 11.1 Å². The SMILES string of the molecule is C=CC(=O)N1CC(N(c2cc(-c3ccnc(CC)c3)c[nH]c2=O)C2CC2)C1. The van der Waals surface area contributed by atoms with E-state index in [0.717, 1.165) is 36.1 Å². The molecule has 6 nitrogen and oxygen atoms in total. The highest BCUT2D eigenvalue weighted by Gasteiger charge is 2.41. The van der Waals surface area contributed by atoms with Gasteiger partial charge in [-0.25, -0.2) is 0 Å². The Balaban J connectivity index is 1.64. The number of aromatic nitrogens is 2. The summed E-state index contributed by atoms with van der Waals surface area (Å²) in [4.78, 5) is 35.6. The molecular formula is C21H24N4O2. The van der Waals surface area contributed by atoms with Gasteiger partial charge >= 0.3 is 0 Å². The number of amides is 1. The molecule has 0 atom stereocenters. The number of carbonyl (C=O) groups is 1. The van der Waals surface area contributed by atoms with Gasteiger partial charge in [0, 0.05) is 42.8 Å². The Morgan fingerprint density at radius 1 is 1.33 bits per heavy atom. The lowest BCUT2D eigenvalue weighted by Crippen LogP contribution is -2.62. The molecule has 1 aliphatic heterocycles. The number of aryl methyl sites for hydroxylation is 1. The number of rotatable bonds is 6. The summed E-state index contributed by atoms with van der Waals surface area (Å²) in [6.07, 6.45) is 7.96. The summed E-state index contributed by atoms with van der Waals surface area (Å²) in [7, 11) is 0. The third-order valence-electron chi connectivity index (χ3n) is 5.36. The molecule has 0 bridgehead atoms. The number of nitrogens with one attached hydrogen (secondary N) is 1. The Hall–Kier alpha value is -2.89. The van der Waals surface area contributed by atoms with Crippen LogP contribution >= 0.6 is 0 Å². The fraction of sp³-hybridized carbons (Fsp3) is 0.381. The lowest BCUT2D eigenvalue weighted by molar-refractivity contribution is -0.130. The monoisotopic (exact) mass is 364 g/mol. The largest absolute Gasteiger partial charge is 0.358 e. The van der Waals surface area contributed by atoms with Crippen molar-refractivity contribution in [3.05, 3.63) is 59.3 Å². The molecule has 1 saturated carbocycles. The van der Waals surface area contributed by atoms with Gasteiger partial charge in [0.05, 0.1) is 6.04 Å². The van der Waals surface area contributed by atoms with E-state index in [4.69, 9.17) is 0 Å². The van der Waals surface area contributed by atoms with E-state index in [2.05, 4.69) is 34.4 Å². The van der Waals surface area contributed by atoms with Crippen LogP contribution < -0.4 is 10.5 Å². The molecule has 0 aromatic carbocycles. The maximum atomic E-state index is 12.6. The van der Waals surface area contributed by atoms with E-state index in [1.165, 1.54) is 6.08 Å².